The van der Waals surface area contributed by atoms with Crippen LogP contribution in [0.25, 0.3) is 0 Å². The predicted molar refractivity (Wildman–Crippen MR) is 127 cm³/mol. The maximum Gasteiger partial charge on any atom is 0.236 e. The number of piperidine rings is 1. The molecule has 182 valence electrons. The summed E-state index contributed by atoms with van der Waals surface area (Å²) in [6.45, 7) is 4.03. The number of hydrogen-bond acceptors (Lipinski definition) is 5. The van der Waals surface area contributed by atoms with Crippen LogP contribution in [0.5, 0.6) is 5.75 Å². The zero-order valence-electron chi connectivity index (χ0n) is 19.6. The van der Waals surface area contributed by atoms with E-state index in [1.54, 1.807) is 6.07 Å². The molecule has 4 rings (SSSR count). The number of morpholine rings is 1. The van der Waals surface area contributed by atoms with Crippen molar-refractivity contribution in [3.63, 3.8) is 0 Å². The van der Waals surface area contributed by atoms with E-state index in [0.717, 1.165) is 0 Å². The number of likely N-dealkylation sites (tertiary alicyclic amines) is 1. The first-order valence-electron chi connectivity index (χ1n) is 12.3. The van der Waals surface area contributed by atoms with Crippen LogP contribution in [0.15, 0.2) is 24.3 Å². The lowest BCUT2D eigenvalue weighted by Gasteiger charge is -2.40. The number of amides is 2. The predicted octanol–water partition coefficient (Wildman–Crippen LogP) is 3.06. The molecule has 0 unspecified atom stereocenters. The Kier molecular flexibility index (Phi) is 8.50. The van der Waals surface area contributed by atoms with E-state index in [0.29, 0.717) is 75.6 Å². The van der Waals surface area contributed by atoms with Gasteiger partial charge in [0.15, 0.2) is 0 Å². The summed E-state index contributed by atoms with van der Waals surface area (Å²) in [6.07, 6.45) is 5.79. The summed E-state index contributed by atoms with van der Waals surface area (Å²) in [5.74, 6) is 0.903. The largest absolute Gasteiger partial charge is 0.490 e. The Labute approximate surface area is 201 Å². The van der Waals surface area contributed by atoms with Gasteiger partial charge >= 0.3 is 0 Å². The van der Waals surface area contributed by atoms with Gasteiger partial charge in [0.2, 0.25) is 11.8 Å². The van der Waals surface area contributed by atoms with E-state index in [2.05, 4.69) is 11.9 Å². The van der Waals surface area contributed by atoms with Crippen LogP contribution in [0.4, 0.5) is 0 Å². The van der Waals surface area contributed by atoms with E-state index in [1.807, 2.05) is 28.0 Å². The lowest BCUT2D eigenvalue weighted by molar-refractivity contribution is -0.142. The Balaban J connectivity index is 1.41. The second-order valence-electron chi connectivity index (χ2n) is 9.55. The van der Waals surface area contributed by atoms with Gasteiger partial charge in [0.05, 0.1) is 19.8 Å². The summed E-state index contributed by atoms with van der Waals surface area (Å²) in [7, 11) is 2.06. The number of likely N-dealkylation sites (N-methyl/N-ethyl adjacent to an activating group) is 1. The molecule has 7 nitrogen and oxygen atoms in total. The Morgan fingerprint density at radius 2 is 1.85 bits per heavy atom. The number of benzene rings is 1. The van der Waals surface area contributed by atoms with Gasteiger partial charge in [-0.05, 0) is 38.1 Å². The Morgan fingerprint density at radius 3 is 2.58 bits per heavy atom. The van der Waals surface area contributed by atoms with Crippen molar-refractivity contribution in [1.29, 1.82) is 0 Å². The third-order valence-electron chi connectivity index (χ3n) is 7.23. The molecule has 2 saturated heterocycles. The number of halogens is 1. The van der Waals surface area contributed by atoms with Gasteiger partial charge in [0.1, 0.15) is 11.9 Å². The zero-order valence-corrected chi connectivity index (χ0v) is 20.3. The van der Waals surface area contributed by atoms with E-state index in [9.17, 15) is 9.59 Å². The lowest BCUT2D eigenvalue weighted by Crippen LogP contribution is -2.52. The second kappa shape index (κ2) is 11.5. The van der Waals surface area contributed by atoms with E-state index < -0.39 is 0 Å². The molecule has 2 aliphatic heterocycles. The summed E-state index contributed by atoms with van der Waals surface area (Å²) in [6, 6.07) is 7.88. The van der Waals surface area contributed by atoms with Crippen LogP contribution >= 0.6 is 11.6 Å². The second-order valence-corrected chi connectivity index (χ2v) is 9.99. The van der Waals surface area contributed by atoms with Gasteiger partial charge in [-0.25, -0.2) is 0 Å². The number of carbonyl (C=O) groups is 2. The molecular formula is C25H36ClN3O4. The van der Waals surface area contributed by atoms with Crippen molar-refractivity contribution >= 4 is 23.4 Å². The Hall–Kier alpha value is -1.83. The molecule has 0 N–H and O–H groups in total. The average molecular weight is 478 g/mol. The summed E-state index contributed by atoms with van der Waals surface area (Å²) < 4.78 is 11.7. The van der Waals surface area contributed by atoms with E-state index >= 15 is 0 Å². The number of ether oxygens (including phenoxy) is 2. The van der Waals surface area contributed by atoms with Crippen LogP contribution in [0.1, 0.15) is 38.5 Å². The van der Waals surface area contributed by atoms with Crippen molar-refractivity contribution in [3.05, 3.63) is 29.3 Å². The highest BCUT2D eigenvalue weighted by atomic mass is 35.5. The highest BCUT2D eigenvalue weighted by molar-refractivity contribution is 6.30. The van der Waals surface area contributed by atoms with Crippen molar-refractivity contribution in [2.45, 2.75) is 50.7 Å². The molecule has 1 aromatic rings. The lowest BCUT2D eigenvalue weighted by atomic mass is 9.90. The normalized spacial score (nSPS) is 24.3. The minimum atomic E-state index is -0.134. The van der Waals surface area contributed by atoms with Crippen LogP contribution in [0.3, 0.4) is 0 Å². The number of rotatable bonds is 7. The van der Waals surface area contributed by atoms with Crippen molar-refractivity contribution in [1.82, 2.24) is 14.7 Å². The molecule has 2 atom stereocenters. The molecule has 2 heterocycles. The van der Waals surface area contributed by atoms with E-state index in [-0.39, 0.29) is 23.8 Å². The summed E-state index contributed by atoms with van der Waals surface area (Å²) in [4.78, 5) is 32.2. The van der Waals surface area contributed by atoms with Crippen LogP contribution in [-0.4, -0.2) is 91.6 Å². The van der Waals surface area contributed by atoms with E-state index in [4.69, 9.17) is 21.1 Å². The highest BCUT2D eigenvalue weighted by Gasteiger charge is 2.36. The highest BCUT2D eigenvalue weighted by Crippen LogP contribution is 2.28. The first-order chi connectivity index (χ1) is 16.0. The monoisotopic (exact) mass is 477 g/mol. The summed E-state index contributed by atoms with van der Waals surface area (Å²) >= 11 is 6.14. The van der Waals surface area contributed by atoms with Crippen molar-refractivity contribution < 1.29 is 19.1 Å². The molecule has 0 radical (unpaired) electrons. The molecule has 0 bridgehead atoms. The number of hydrogen-bond donors (Lipinski definition) is 0. The number of carbonyl (C=O) groups excluding carboxylic acids is 2. The van der Waals surface area contributed by atoms with Gasteiger partial charge in [-0.1, -0.05) is 30.5 Å². The molecule has 1 saturated carbocycles. The SMILES string of the molecule is CN(CC(=O)N1CC[C@H](Oc2cccc(Cl)c2)[C@@H](CC(=O)N2CCOCC2)C1)C1CCCC1. The van der Waals surface area contributed by atoms with Gasteiger partial charge in [0.25, 0.3) is 0 Å². The molecular weight excluding hydrogens is 442 g/mol. The van der Waals surface area contributed by atoms with Crippen LogP contribution in [0, 0.1) is 5.92 Å². The third kappa shape index (κ3) is 6.61. The standard InChI is InChI=1S/C25H36ClN3O4/c1-27(21-6-2-3-7-21)18-25(31)29-10-9-23(33-22-8-4-5-20(26)16-22)19(17-29)15-24(30)28-11-13-32-14-12-28/h4-5,8,16,19,21,23H,2-3,6-7,9-15,17-18H2,1H3/t19-,23-/m0/s1. The minimum Gasteiger partial charge on any atom is -0.490 e. The van der Waals surface area contributed by atoms with Crippen LogP contribution < -0.4 is 4.74 Å². The van der Waals surface area contributed by atoms with E-state index in [1.165, 1.54) is 25.7 Å². The van der Waals surface area contributed by atoms with Gasteiger partial charge in [0, 0.05) is 56.0 Å². The van der Waals surface area contributed by atoms with Gasteiger partial charge in [-0.2, -0.15) is 0 Å². The fraction of sp³-hybridized carbons (Fsp3) is 0.680. The Bertz CT molecular complexity index is 811. The first-order valence-corrected chi connectivity index (χ1v) is 12.6. The van der Waals surface area contributed by atoms with Crippen LogP contribution in [-0.2, 0) is 14.3 Å². The maximum absolute atomic E-state index is 13.1. The topological polar surface area (TPSA) is 62.3 Å². The summed E-state index contributed by atoms with van der Waals surface area (Å²) in [5, 5.41) is 0.621. The van der Waals surface area contributed by atoms with Gasteiger partial charge < -0.3 is 19.3 Å². The minimum absolute atomic E-state index is 0.0613. The first kappa shape index (κ1) is 24.3. The molecule has 2 amide bonds. The number of nitrogens with zero attached hydrogens (tertiary/aromatic N) is 3. The average Bonchev–Trinajstić information content (AvgIpc) is 3.36. The quantitative estimate of drug-likeness (QED) is 0.604. The van der Waals surface area contributed by atoms with Crippen molar-refractivity contribution in [2.24, 2.45) is 5.92 Å². The fourth-order valence-electron chi connectivity index (χ4n) is 5.26. The molecule has 0 spiro atoms. The zero-order chi connectivity index (χ0) is 23.2. The third-order valence-corrected chi connectivity index (χ3v) is 7.47. The Morgan fingerprint density at radius 1 is 1.09 bits per heavy atom. The molecule has 3 aliphatic rings. The molecule has 33 heavy (non-hydrogen) atoms. The summed E-state index contributed by atoms with van der Waals surface area (Å²) in [5.41, 5.74) is 0. The molecule has 0 aromatic heterocycles. The van der Waals surface area contributed by atoms with Crippen LogP contribution in [0.2, 0.25) is 5.02 Å². The van der Waals surface area contributed by atoms with Gasteiger partial charge in [-0.3, -0.25) is 14.5 Å². The van der Waals surface area contributed by atoms with Crippen molar-refractivity contribution in [3.8, 4) is 5.75 Å². The van der Waals surface area contributed by atoms with Crippen molar-refractivity contribution in [2.75, 3.05) is 53.0 Å². The molecule has 1 aliphatic carbocycles. The molecule has 1 aromatic carbocycles. The smallest absolute Gasteiger partial charge is 0.236 e. The van der Waals surface area contributed by atoms with Gasteiger partial charge in [-0.15, -0.1) is 0 Å². The maximum atomic E-state index is 13.1. The fourth-order valence-corrected chi connectivity index (χ4v) is 5.44. The molecule has 3 fully saturated rings. The molecule has 8 heteroatoms.